The van der Waals surface area contributed by atoms with Gasteiger partial charge in [-0.05, 0) is 87.5 Å². The van der Waals surface area contributed by atoms with Crippen molar-refractivity contribution in [1.82, 2.24) is 0 Å². The molecule has 0 heterocycles. The molecule has 6 nitrogen and oxygen atoms in total. The summed E-state index contributed by atoms with van der Waals surface area (Å²) in [4.78, 5) is 49.2. The van der Waals surface area contributed by atoms with Crippen molar-refractivity contribution in [3.8, 4) is 0 Å². The van der Waals surface area contributed by atoms with Gasteiger partial charge in [-0.15, -0.1) is 0 Å². The minimum absolute atomic E-state index is 0.0650. The van der Waals surface area contributed by atoms with Crippen LogP contribution in [-0.4, -0.2) is 40.6 Å². The van der Waals surface area contributed by atoms with Gasteiger partial charge < -0.3 is 9.84 Å². The first-order valence-corrected chi connectivity index (χ1v) is 12.7. The van der Waals surface area contributed by atoms with Gasteiger partial charge in [0.25, 0.3) is 0 Å². The summed E-state index contributed by atoms with van der Waals surface area (Å²) in [5.74, 6) is 0.764. The number of allylic oxidation sites excluding steroid dienone is 1. The number of Topliss-reactive ketones (excluding diaryl/α,β-unsaturated/α-hetero) is 2. The largest absolute Gasteiger partial charge is 0.450 e. The van der Waals surface area contributed by atoms with Crippen LogP contribution in [0.3, 0.4) is 0 Å². The third-order valence-corrected chi connectivity index (χ3v) is 9.95. The highest BCUT2D eigenvalue weighted by Crippen LogP contribution is 2.68. The molecule has 0 unspecified atom stereocenters. The molecule has 33 heavy (non-hydrogen) atoms. The molecule has 0 aromatic rings. The number of ether oxygens (including phenoxy) is 1. The Kier molecular flexibility index (Phi) is 6.45. The summed E-state index contributed by atoms with van der Waals surface area (Å²) >= 11 is 0. The van der Waals surface area contributed by atoms with Gasteiger partial charge in [-0.3, -0.25) is 19.2 Å². The average molecular weight is 459 g/mol. The van der Waals surface area contributed by atoms with Crippen LogP contribution in [-0.2, 0) is 23.9 Å². The number of fused-ring (bicyclic) bond motifs is 5. The van der Waals surface area contributed by atoms with Crippen molar-refractivity contribution in [1.29, 1.82) is 0 Å². The van der Waals surface area contributed by atoms with E-state index in [-0.39, 0.29) is 35.6 Å². The third-order valence-electron chi connectivity index (χ3n) is 9.95. The maximum atomic E-state index is 13.1. The molecule has 4 rings (SSSR count). The molecule has 4 aliphatic carbocycles. The summed E-state index contributed by atoms with van der Waals surface area (Å²) < 4.78 is 6.06. The molecule has 3 fully saturated rings. The van der Waals surface area contributed by atoms with E-state index in [0.717, 1.165) is 38.5 Å². The lowest BCUT2D eigenvalue weighted by Crippen LogP contribution is -2.58. The van der Waals surface area contributed by atoms with Crippen LogP contribution in [0, 0.1) is 28.6 Å². The molecule has 1 N–H and O–H groups in total. The molecule has 0 spiro atoms. The number of ketones is 3. The lowest BCUT2D eigenvalue weighted by molar-refractivity contribution is -0.189. The van der Waals surface area contributed by atoms with Crippen LogP contribution >= 0.6 is 0 Å². The molecule has 0 aromatic heterocycles. The van der Waals surface area contributed by atoms with Crippen molar-refractivity contribution < 1.29 is 29.0 Å². The van der Waals surface area contributed by atoms with Crippen LogP contribution in [0.1, 0.15) is 91.4 Å². The van der Waals surface area contributed by atoms with E-state index < -0.39 is 23.6 Å². The molecule has 0 amide bonds. The van der Waals surface area contributed by atoms with Gasteiger partial charge in [0, 0.05) is 24.7 Å². The highest BCUT2D eigenvalue weighted by molar-refractivity contribution is 5.92. The molecule has 182 valence electrons. The van der Waals surface area contributed by atoms with Crippen LogP contribution < -0.4 is 0 Å². The van der Waals surface area contributed by atoms with Gasteiger partial charge in [-0.2, -0.15) is 0 Å². The van der Waals surface area contributed by atoms with Gasteiger partial charge in [-0.1, -0.05) is 19.4 Å². The van der Waals surface area contributed by atoms with Crippen molar-refractivity contribution in [3.05, 3.63) is 11.6 Å². The summed E-state index contributed by atoms with van der Waals surface area (Å²) in [5, 5.41) is 8.87. The Hall–Kier alpha value is -1.82. The Morgan fingerprint density at radius 3 is 2.45 bits per heavy atom. The Morgan fingerprint density at radius 1 is 1.03 bits per heavy atom. The molecular weight excluding hydrogens is 420 g/mol. The number of carbonyl (C=O) groups excluding carboxylic acids is 4. The average Bonchev–Trinajstić information content (AvgIpc) is 3.07. The van der Waals surface area contributed by atoms with Crippen molar-refractivity contribution in [2.75, 3.05) is 6.61 Å². The molecule has 0 bridgehead atoms. The summed E-state index contributed by atoms with van der Waals surface area (Å²) in [6.07, 6.45) is 9.23. The quantitative estimate of drug-likeness (QED) is 0.576. The second kappa shape index (κ2) is 8.75. The van der Waals surface area contributed by atoms with Gasteiger partial charge in [-0.25, -0.2) is 0 Å². The van der Waals surface area contributed by atoms with E-state index in [0.29, 0.717) is 37.0 Å². The van der Waals surface area contributed by atoms with E-state index in [9.17, 15) is 19.2 Å². The van der Waals surface area contributed by atoms with E-state index >= 15 is 0 Å². The number of aliphatic hydroxyl groups is 1. The standard InChI is InChI=1S/C27H38O6/c1-17(29)27(33-24(32)6-4-5-20(31)16-28)14-11-23-21-8-7-18-15-19(30)9-12-25(18,2)22(21)10-13-26(23,27)3/h15,21-23,28H,4-14,16H2,1-3H3/t21-,22+,23+,25+,26+,27+/m1/s1. The zero-order valence-corrected chi connectivity index (χ0v) is 20.3. The zero-order valence-electron chi connectivity index (χ0n) is 20.3. The van der Waals surface area contributed by atoms with Crippen LogP contribution in [0.5, 0.6) is 0 Å². The molecule has 6 heteroatoms. The summed E-state index contributed by atoms with van der Waals surface area (Å²) in [7, 11) is 0. The zero-order chi connectivity index (χ0) is 24.0. The maximum absolute atomic E-state index is 13.1. The predicted molar refractivity (Wildman–Crippen MR) is 122 cm³/mol. The topological polar surface area (TPSA) is 97.7 Å². The normalized spacial score (nSPS) is 39.7. The molecule has 4 aliphatic rings. The van der Waals surface area contributed by atoms with E-state index in [4.69, 9.17) is 9.84 Å². The Balaban J connectivity index is 1.54. The van der Waals surface area contributed by atoms with Gasteiger partial charge in [0.1, 0.15) is 6.61 Å². The van der Waals surface area contributed by atoms with E-state index in [1.807, 2.05) is 6.08 Å². The van der Waals surface area contributed by atoms with Crippen LogP contribution in [0.4, 0.5) is 0 Å². The number of hydrogen-bond donors (Lipinski definition) is 1. The second-order valence-corrected chi connectivity index (χ2v) is 11.4. The minimum Gasteiger partial charge on any atom is -0.450 e. The first kappa shape index (κ1) is 24.3. The lowest BCUT2D eigenvalue weighted by Gasteiger charge is -2.59. The number of carbonyl (C=O) groups is 4. The number of hydrogen-bond acceptors (Lipinski definition) is 6. The fourth-order valence-corrected chi connectivity index (χ4v) is 8.13. The molecule has 0 radical (unpaired) electrons. The third kappa shape index (κ3) is 3.82. The van der Waals surface area contributed by atoms with Crippen molar-refractivity contribution in [3.63, 3.8) is 0 Å². The van der Waals surface area contributed by atoms with Crippen molar-refractivity contribution in [2.45, 2.75) is 97.0 Å². The fraction of sp³-hybridized carbons (Fsp3) is 0.778. The van der Waals surface area contributed by atoms with E-state index in [1.165, 1.54) is 5.57 Å². The molecule has 0 aliphatic heterocycles. The van der Waals surface area contributed by atoms with Crippen LogP contribution in [0.25, 0.3) is 0 Å². The first-order valence-electron chi connectivity index (χ1n) is 12.7. The summed E-state index contributed by atoms with van der Waals surface area (Å²) in [6, 6.07) is 0. The fourth-order valence-electron chi connectivity index (χ4n) is 8.13. The van der Waals surface area contributed by atoms with E-state index in [2.05, 4.69) is 13.8 Å². The van der Waals surface area contributed by atoms with Crippen molar-refractivity contribution in [2.24, 2.45) is 28.6 Å². The van der Waals surface area contributed by atoms with Gasteiger partial charge >= 0.3 is 5.97 Å². The summed E-state index contributed by atoms with van der Waals surface area (Å²) in [6.45, 7) is 5.53. The minimum atomic E-state index is -1.10. The monoisotopic (exact) mass is 458 g/mol. The highest BCUT2D eigenvalue weighted by Gasteiger charge is 2.67. The Labute approximate surface area is 196 Å². The first-order chi connectivity index (χ1) is 15.6. The predicted octanol–water partition coefficient (Wildman–Crippen LogP) is 4.12. The maximum Gasteiger partial charge on any atom is 0.306 e. The Morgan fingerprint density at radius 2 is 1.76 bits per heavy atom. The number of rotatable bonds is 7. The number of esters is 1. The van der Waals surface area contributed by atoms with Gasteiger partial charge in [0.15, 0.2) is 23.0 Å². The molecule has 0 aromatic carbocycles. The van der Waals surface area contributed by atoms with Crippen molar-refractivity contribution >= 4 is 23.3 Å². The Bertz CT molecular complexity index is 889. The smallest absolute Gasteiger partial charge is 0.306 e. The van der Waals surface area contributed by atoms with Gasteiger partial charge in [0.05, 0.1) is 0 Å². The SMILES string of the molecule is CC(=O)[C@@]1(OC(=O)CCCC(=O)CO)CC[C@H]2[C@@H]3CCC4=CC(=O)CC[C@]4(C)[C@H]3CC[C@@]21C. The van der Waals surface area contributed by atoms with Gasteiger partial charge in [0.2, 0.25) is 0 Å². The lowest BCUT2D eigenvalue weighted by atomic mass is 9.46. The highest BCUT2D eigenvalue weighted by atomic mass is 16.6. The van der Waals surface area contributed by atoms with Crippen LogP contribution in [0.2, 0.25) is 0 Å². The van der Waals surface area contributed by atoms with E-state index in [1.54, 1.807) is 6.92 Å². The summed E-state index contributed by atoms with van der Waals surface area (Å²) in [5.41, 5.74) is -0.0997. The molecule has 3 saturated carbocycles. The van der Waals surface area contributed by atoms with Crippen LogP contribution in [0.15, 0.2) is 11.6 Å². The molecular formula is C27H38O6. The molecule has 0 saturated heterocycles. The number of aliphatic hydroxyl groups excluding tert-OH is 1. The molecule has 6 atom stereocenters. The second-order valence-electron chi connectivity index (χ2n) is 11.4.